The van der Waals surface area contributed by atoms with Crippen molar-refractivity contribution in [2.24, 2.45) is 0 Å². The van der Waals surface area contributed by atoms with E-state index >= 15 is 0 Å². The quantitative estimate of drug-likeness (QED) is 0.409. The monoisotopic (exact) mass is 226 g/mol. The lowest BCUT2D eigenvalue weighted by atomic mass is 10.3. The van der Waals surface area contributed by atoms with Gasteiger partial charge in [0, 0.05) is 0 Å². The minimum absolute atomic E-state index is 0.164. The molecule has 0 saturated carbocycles. The third-order valence-corrected chi connectivity index (χ3v) is 2.04. The molecule has 0 bridgehead atoms. The molecule has 88 valence electrons. The number of rotatable bonds is 5. The molecule has 0 aromatic carbocycles. The number of epoxide rings is 1. The fourth-order valence-electron chi connectivity index (χ4n) is 1.15. The topological polar surface area (TPSA) is 38.8 Å². The van der Waals surface area contributed by atoms with Crippen LogP contribution in [0.3, 0.4) is 0 Å². The van der Waals surface area contributed by atoms with Gasteiger partial charge in [-0.2, -0.15) is 13.2 Å². The molecule has 1 rings (SSSR count). The van der Waals surface area contributed by atoms with Gasteiger partial charge in [0.2, 0.25) is 0 Å². The maximum atomic E-state index is 12.0. The van der Waals surface area contributed by atoms with Gasteiger partial charge < -0.3 is 9.47 Å². The molecule has 2 unspecified atom stereocenters. The Morgan fingerprint density at radius 2 is 2.07 bits per heavy atom. The van der Waals surface area contributed by atoms with E-state index in [9.17, 15) is 18.0 Å². The Balaban J connectivity index is 2.16. The van der Waals surface area contributed by atoms with Gasteiger partial charge in [-0.25, -0.2) is 4.79 Å². The lowest BCUT2D eigenvalue weighted by molar-refractivity contribution is -0.151. The van der Waals surface area contributed by atoms with Crippen molar-refractivity contribution in [1.82, 2.24) is 0 Å². The van der Waals surface area contributed by atoms with Crippen molar-refractivity contribution in [1.29, 1.82) is 0 Å². The summed E-state index contributed by atoms with van der Waals surface area (Å²) in [5.74, 6) is -0.909. The molecule has 2 atom stereocenters. The van der Waals surface area contributed by atoms with Crippen LogP contribution in [0.4, 0.5) is 13.2 Å². The Morgan fingerprint density at radius 3 is 2.53 bits per heavy atom. The number of ether oxygens (including phenoxy) is 2. The van der Waals surface area contributed by atoms with Gasteiger partial charge >= 0.3 is 12.1 Å². The number of hydrogen-bond donors (Lipinski definition) is 0. The summed E-state index contributed by atoms with van der Waals surface area (Å²) in [6.45, 7) is 2.14. The van der Waals surface area contributed by atoms with Crippen LogP contribution in [-0.2, 0) is 14.3 Å². The highest BCUT2D eigenvalue weighted by Gasteiger charge is 2.62. The molecule has 3 nitrogen and oxygen atoms in total. The zero-order valence-corrected chi connectivity index (χ0v) is 8.34. The molecule has 1 aliphatic heterocycles. The molecule has 0 amide bonds. The van der Waals surface area contributed by atoms with Crippen LogP contribution in [-0.4, -0.2) is 31.0 Å². The summed E-state index contributed by atoms with van der Waals surface area (Å²) in [7, 11) is 0. The van der Waals surface area contributed by atoms with Gasteiger partial charge in [0.05, 0.1) is 6.61 Å². The second kappa shape index (κ2) is 4.83. The smallest absolute Gasteiger partial charge is 0.417 e. The van der Waals surface area contributed by atoms with E-state index in [0.717, 1.165) is 12.8 Å². The van der Waals surface area contributed by atoms with E-state index in [-0.39, 0.29) is 6.61 Å². The van der Waals surface area contributed by atoms with E-state index in [1.807, 2.05) is 6.92 Å². The third-order valence-electron chi connectivity index (χ3n) is 2.04. The number of carbonyl (C=O) groups is 1. The van der Waals surface area contributed by atoms with Crippen LogP contribution in [0, 0.1) is 0 Å². The Kier molecular flexibility index (Phi) is 3.96. The van der Waals surface area contributed by atoms with Gasteiger partial charge in [0.15, 0.2) is 12.2 Å². The highest BCUT2D eigenvalue weighted by molar-refractivity contribution is 5.78. The second-order valence-corrected chi connectivity index (χ2v) is 3.39. The van der Waals surface area contributed by atoms with E-state index in [2.05, 4.69) is 9.47 Å². The van der Waals surface area contributed by atoms with E-state index in [1.165, 1.54) is 0 Å². The number of alkyl halides is 3. The van der Waals surface area contributed by atoms with E-state index in [1.54, 1.807) is 0 Å². The summed E-state index contributed by atoms with van der Waals surface area (Å²) in [5, 5.41) is 0. The highest BCUT2D eigenvalue weighted by atomic mass is 19.4. The van der Waals surface area contributed by atoms with Crippen LogP contribution in [0.15, 0.2) is 0 Å². The first kappa shape index (κ1) is 12.3. The first-order valence-corrected chi connectivity index (χ1v) is 4.85. The lowest BCUT2D eigenvalue weighted by Gasteiger charge is -2.02. The van der Waals surface area contributed by atoms with Crippen molar-refractivity contribution in [3.05, 3.63) is 0 Å². The van der Waals surface area contributed by atoms with Gasteiger partial charge in [-0.05, 0) is 6.42 Å². The molecule has 0 aromatic rings. The summed E-state index contributed by atoms with van der Waals surface area (Å²) < 4.78 is 44.7. The van der Waals surface area contributed by atoms with Crippen molar-refractivity contribution in [2.75, 3.05) is 6.61 Å². The van der Waals surface area contributed by atoms with E-state index in [0.29, 0.717) is 6.42 Å². The van der Waals surface area contributed by atoms with Crippen molar-refractivity contribution in [3.63, 3.8) is 0 Å². The number of halogens is 3. The number of hydrogen-bond acceptors (Lipinski definition) is 3. The number of carbonyl (C=O) groups excluding carboxylic acids is 1. The van der Waals surface area contributed by atoms with Crippen LogP contribution in [0.1, 0.15) is 26.2 Å². The van der Waals surface area contributed by atoms with Gasteiger partial charge in [-0.1, -0.05) is 19.8 Å². The Morgan fingerprint density at radius 1 is 1.40 bits per heavy atom. The first-order chi connectivity index (χ1) is 6.96. The molecule has 0 spiro atoms. The SMILES string of the molecule is CCCCCOC(=O)C1OC1C(F)(F)F. The summed E-state index contributed by atoms with van der Waals surface area (Å²) in [4.78, 5) is 11.0. The van der Waals surface area contributed by atoms with Crippen LogP contribution >= 0.6 is 0 Å². The molecule has 1 heterocycles. The predicted octanol–water partition coefficient (Wildman–Crippen LogP) is 2.05. The second-order valence-electron chi connectivity index (χ2n) is 3.39. The molecule has 15 heavy (non-hydrogen) atoms. The largest absolute Gasteiger partial charge is 0.464 e. The summed E-state index contributed by atoms with van der Waals surface area (Å²) in [5.41, 5.74) is 0. The molecule has 0 N–H and O–H groups in total. The standard InChI is InChI=1S/C9H13F3O3/c1-2-3-4-5-14-8(13)6-7(15-6)9(10,11)12/h6-7H,2-5H2,1H3. The van der Waals surface area contributed by atoms with Gasteiger partial charge in [0.1, 0.15) is 0 Å². The van der Waals surface area contributed by atoms with Crippen LogP contribution < -0.4 is 0 Å². The molecule has 6 heteroatoms. The van der Waals surface area contributed by atoms with Gasteiger partial charge in [-0.15, -0.1) is 0 Å². The van der Waals surface area contributed by atoms with E-state index in [4.69, 9.17) is 0 Å². The molecule has 1 aliphatic rings. The summed E-state index contributed by atoms with van der Waals surface area (Å²) >= 11 is 0. The average Bonchev–Trinajstić information content (AvgIpc) is 2.90. The lowest BCUT2D eigenvalue weighted by Crippen LogP contribution is -2.24. The maximum Gasteiger partial charge on any atom is 0.417 e. The van der Waals surface area contributed by atoms with Crippen molar-refractivity contribution in [2.45, 2.75) is 44.6 Å². The van der Waals surface area contributed by atoms with Crippen molar-refractivity contribution < 1.29 is 27.4 Å². The molecular weight excluding hydrogens is 213 g/mol. The molecule has 0 radical (unpaired) electrons. The molecule has 0 aliphatic carbocycles. The minimum atomic E-state index is -4.47. The predicted molar refractivity (Wildman–Crippen MR) is 45.2 cm³/mol. The van der Waals surface area contributed by atoms with Gasteiger partial charge in [-0.3, -0.25) is 0 Å². The third kappa shape index (κ3) is 3.70. The van der Waals surface area contributed by atoms with Gasteiger partial charge in [0.25, 0.3) is 0 Å². The molecular formula is C9H13F3O3. The molecule has 0 aromatic heterocycles. The summed E-state index contributed by atoms with van der Waals surface area (Å²) in [6, 6.07) is 0. The fourth-order valence-corrected chi connectivity index (χ4v) is 1.15. The van der Waals surface area contributed by atoms with E-state index < -0.39 is 24.4 Å². The first-order valence-electron chi connectivity index (χ1n) is 4.85. The molecule has 1 fully saturated rings. The van der Waals surface area contributed by atoms with Crippen LogP contribution in [0.25, 0.3) is 0 Å². The Labute approximate surface area is 85.5 Å². The highest BCUT2D eigenvalue weighted by Crippen LogP contribution is 2.38. The zero-order valence-electron chi connectivity index (χ0n) is 8.34. The zero-order chi connectivity index (χ0) is 11.5. The van der Waals surface area contributed by atoms with Crippen molar-refractivity contribution >= 4 is 5.97 Å². The van der Waals surface area contributed by atoms with Crippen LogP contribution in [0.5, 0.6) is 0 Å². The maximum absolute atomic E-state index is 12.0. The minimum Gasteiger partial charge on any atom is -0.464 e. The average molecular weight is 226 g/mol. The Bertz CT molecular complexity index is 227. The van der Waals surface area contributed by atoms with Crippen LogP contribution in [0.2, 0.25) is 0 Å². The fraction of sp³-hybridized carbons (Fsp3) is 0.889. The number of esters is 1. The Hall–Kier alpha value is -0.780. The normalized spacial score (nSPS) is 25.1. The summed E-state index contributed by atoms with van der Waals surface area (Å²) in [6.07, 6.45) is -5.34. The van der Waals surface area contributed by atoms with Crippen molar-refractivity contribution in [3.8, 4) is 0 Å². The molecule has 1 saturated heterocycles. The number of unbranched alkanes of at least 4 members (excludes halogenated alkanes) is 2.